The van der Waals surface area contributed by atoms with Gasteiger partial charge in [-0.3, -0.25) is 4.79 Å². The summed E-state index contributed by atoms with van der Waals surface area (Å²) in [4.78, 5) is 17.6. The minimum atomic E-state index is -0.194. The van der Waals surface area contributed by atoms with Crippen LogP contribution in [0, 0.1) is 6.92 Å². The van der Waals surface area contributed by atoms with Crippen LogP contribution in [0.3, 0.4) is 0 Å². The van der Waals surface area contributed by atoms with Gasteiger partial charge in [-0.25, -0.2) is 4.98 Å². The number of aromatic nitrogens is 1. The average Bonchev–Trinajstić information content (AvgIpc) is 2.81. The van der Waals surface area contributed by atoms with Crippen LogP contribution in [0.1, 0.15) is 42.6 Å². The normalized spacial score (nSPS) is 11.4. The van der Waals surface area contributed by atoms with Crippen LogP contribution >= 0.6 is 11.3 Å². The Hall–Kier alpha value is -1.68. The number of aryl methyl sites for hydroxylation is 1. The smallest absolute Gasteiger partial charge is 0.263 e. The summed E-state index contributed by atoms with van der Waals surface area (Å²) in [6, 6.07) is 9.95. The van der Waals surface area contributed by atoms with E-state index in [0.29, 0.717) is 4.88 Å². The van der Waals surface area contributed by atoms with E-state index in [-0.39, 0.29) is 11.4 Å². The lowest BCUT2D eigenvalue weighted by molar-refractivity contribution is 0.0914. The molecule has 0 bridgehead atoms. The molecule has 0 fully saturated rings. The summed E-state index contributed by atoms with van der Waals surface area (Å²) in [6.45, 7) is 8.00. The molecule has 1 amide bonds. The fraction of sp³-hybridized carbons (Fsp3) is 0.375. The zero-order valence-corrected chi connectivity index (χ0v) is 13.2. The summed E-state index contributed by atoms with van der Waals surface area (Å²) < 4.78 is 0. The third kappa shape index (κ3) is 3.25. The van der Waals surface area contributed by atoms with Gasteiger partial charge in [-0.05, 0) is 27.2 Å². The molecule has 0 aliphatic heterocycles. The van der Waals surface area contributed by atoms with E-state index in [1.54, 1.807) is 0 Å². The Morgan fingerprint density at radius 2 is 1.95 bits per heavy atom. The van der Waals surface area contributed by atoms with Crippen molar-refractivity contribution in [1.82, 2.24) is 10.3 Å². The monoisotopic (exact) mass is 288 g/mol. The van der Waals surface area contributed by atoms with Crippen molar-refractivity contribution in [2.24, 2.45) is 0 Å². The summed E-state index contributed by atoms with van der Waals surface area (Å²) in [7, 11) is 0. The van der Waals surface area contributed by atoms with Crippen LogP contribution < -0.4 is 5.32 Å². The first-order valence-electron chi connectivity index (χ1n) is 6.78. The molecule has 0 atom stereocenters. The van der Waals surface area contributed by atoms with Gasteiger partial charge < -0.3 is 5.32 Å². The zero-order chi connectivity index (χ0) is 14.8. The van der Waals surface area contributed by atoms with Crippen molar-refractivity contribution in [2.75, 3.05) is 0 Å². The lowest BCUT2D eigenvalue weighted by atomic mass is 10.0. The second-order valence-corrected chi connectivity index (χ2v) is 6.49. The molecule has 106 valence electrons. The fourth-order valence-corrected chi connectivity index (χ4v) is 2.73. The average molecular weight is 288 g/mol. The quantitative estimate of drug-likeness (QED) is 0.922. The summed E-state index contributed by atoms with van der Waals surface area (Å²) in [5.74, 6) is -0.0333. The molecule has 0 radical (unpaired) electrons. The predicted molar refractivity (Wildman–Crippen MR) is 84.1 cm³/mol. The van der Waals surface area contributed by atoms with E-state index in [9.17, 15) is 4.79 Å². The first-order valence-corrected chi connectivity index (χ1v) is 7.60. The highest BCUT2D eigenvalue weighted by Crippen LogP contribution is 2.28. The van der Waals surface area contributed by atoms with Crippen molar-refractivity contribution < 1.29 is 4.79 Å². The second kappa shape index (κ2) is 5.75. The van der Waals surface area contributed by atoms with Crippen LogP contribution in [0.15, 0.2) is 30.3 Å². The number of carbonyl (C=O) groups is 1. The topological polar surface area (TPSA) is 42.0 Å². The Morgan fingerprint density at radius 3 is 2.55 bits per heavy atom. The van der Waals surface area contributed by atoms with Gasteiger partial charge in [-0.15, -0.1) is 11.3 Å². The molecule has 2 aromatic rings. The molecule has 1 aromatic carbocycles. The summed E-state index contributed by atoms with van der Waals surface area (Å²) in [6.07, 6.45) is 0.891. The van der Waals surface area contributed by atoms with Crippen molar-refractivity contribution in [3.8, 4) is 10.6 Å². The van der Waals surface area contributed by atoms with E-state index in [2.05, 4.69) is 17.2 Å². The largest absolute Gasteiger partial charge is 0.346 e. The van der Waals surface area contributed by atoms with Crippen LogP contribution in [0.5, 0.6) is 0 Å². The van der Waals surface area contributed by atoms with Crippen molar-refractivity contribution in [2.45, 2.75) is 39.7 Å². The second-order valence-electron chi connectivity index (χ2n) is 5.49. The minimum Gasteiger partial charge on any atom is -0.346 e. The molecule has 0 aliphatic carbocycles. The number of benzene rings is 1. The highest BCUT2D eigenvalue weighted by Gasteiger charge is 2.22. The molecule has 20 heavy (non-hydrogen) atoms. The number of hydrogen-bond donors (Lipinski definition) is 1. The lowest BCUT2D eigenvalue weighted by Crippen LogP contribution is -2.42. The molecular weight excluding hydrogens is 268 g/mol. The van der Waals surface area contributed by atoms with Crippen LogP contribution in [-0.2, 0) is 0 Å². The van der Waals surface area contributed by atoms with Crippen LogP contribution in [0.2, 0.25) is 0 Å². The van der Waals surface area contributed by atoms with Gasteiger partial charge in [0.1, 0.15) is 9.88 Å². The first-order chi connectivity index (χ1) is 9.43. The number of nitrogens with zero attached hydrogens (tertiary/aromatic N) is 1. The number of carbonyl (C=O) groups excluding carboxylic acids is 1. The SMILES string of the molecule is CCC(C)(C)NC(=O)c1sc(-c2ccccc2)nc1C. The maximum absolute atomic E-state index is 12.3. The molecule has 0 aliphatic rings. The molecule has 3 nitrogen and oxygen atoms in total. The standard InChI is InChI=1S/C16H20N2OS/c1-5-16(3,4)18-14(19)13-11(2)17-15(20-13)12-9-7-6-8-10-12/h6-10H,5H2,1-4H3,(H,18,19). The molecule has 4 heteroatoms. The Labute approximate surface area is 124 Å². The number of nitrogens with one attached hydrogen (secondary N) is 1. The molecule has 2 rings (SSSR count). The van der Waals surface area contributed by atoms with E-state index >= 15 is 0 Å². The van der Waals surface area contributed by atoms with Crippen LogP contribution in [-0.4, -0.2) is 16.4 Å². The van der Waals surface area contributed by atoms with E-state index in [1.165, 1.54) is 11.3 Å². The van der Waals surface area contributed by atoms with Crippen LogP contribution in [0.4, 0.5) is 0 Å². The predicted octanol–water partition coefficient (Wildman–Crippen LogP) is 4.04. The van der Waals surface area contributed by atoms with Gasteiger partial charge in [0.25, 0.3) is 5.91 Å². The molecule has 0 unspecified atom stereocenters. The molecule has 0 saturated carbocycles. The third-order valence-electron chi connectivity index (χ3n) is 3.36. The first kappa shape index (κ1) is 14.7. The number of hydrogen-bond acceptors (Lipinski definition) is 3. The maximum Gasteiger partial charge on any atom is 0.263 e. The summed E-state index contributed by atoms with van der Waals surface area (Å²) in [5.41, 5.74) is 1.65. The Bertz CT molecular complexity index is 602. The van der Waals surface area contributed by atoms with E-state index in [4.69, 9.17) is 0 Å². The van der Waals surface area contributed by atoms with Crippen molar-refractivity contribution in [3.63, 3.8) is 0 Å². The van der Waals surface area contributed by atoms with E-state index in [0.717, 1.165) is 22.7 Å². The molecule has 1 aromatic heterocycles. The van der Waals surface area contributed by atoms with Gasteiger partial charge in [0.2, 0.25) is 0 Å². The fourth-order valence-electron chi connectivity index (χ4n) is 1.76. The summed E-state index contributed by atoms with van der Waals surface area (Å²) >= 11 is 1.45. The van der Waals surface area contributed by atoms with Crippen molar-refractivity contribution >= 4 is 17.2 Å². The molecular formula is C16H20N2OS. The van der Waals surface area contributed by atoms with Gasteiger partial charge in [0, 0.05) is 11.1 Å². The molecule has 1 heterocycles. The van der Waals surface area contributed by atoms with Gasteiger partial charge in [-0.1, -0.05) is 37.3 Å². The van der Waals surface area contributed by atoms with Gasteiger partial charge in [0.05, 0.1) is 5.69 Å². The lowest BCUT2D eigenvalue weighted by Gasteiger charge is -2.24. The van der Waals surface area contributed by atoms with E-state index in [1.807, 2.05) is 51.1 Å². The Kier molecular flexibility index (Phi) is 4.23. The van der Waals surface area contributed by atoms with Crippen LogP contribution in [0.25, 0.3) is 10.6 Å². The van der Waals surface area contributed by atoms with Gasteiger partial charge in [-0.2, -0.15) is 0 Å². The van der Waals surface area contributed by atoms with Gasteiger partial charge in [0.15, 0.2) is 0 Å². The highest BCUT2D eigenvalue weighted by atomic mass is 32.1. The molecule has 0 saturated heterocycles. The number of rotatable bonds is 4. The maximum atomic E-state index is 12.3. The zero-order valence-electron chi connectivity index (χ0n) is 12.4. The Morgan fingerprint density at radius 1 is 1.30 bits per heavy atom. The minimum absolute atomic E-state index is 0.0333. The van der Waals surface area contributed by atoms with Gasteiger partial charge >= 0.3 is 0 Å². The molecule has 0 spiro atoms. The van der Waals surface area contributed by atoms with E-state index < -0.39 is 0 Å². The van der Waals surface area contributed by atoms with Crippen molar-refractivity contribution in [3.05, 3.63) is 40.9 Å². The number of amides is 1. The molecule has 1 N–H and O–H groups in total. The number of thiazole rings is 1. The van der Waals surface area contributed by atoms with Crippen molar-refractivity contribution in [1.29, 1.82) is 0 Å². The highest BCUT2D eigenvalue weighted by molar-refractivity contribution is 7.17. The third-order valence-corrected chi connectivity index (χ3v) is 4.56. The Balaban J connectivity index is 2.26. The summed E-state index contributed by atoms with van der Waals surface area (Å²) in [5, 5.41) is 3.95.